The van der Waals surface area contributed by atoms with E-state index in [2.05, 4.69) is 0 Å². The average Bonchev–Trinajstić information content (AvgIpc) is 3.00. The van der Waals surface area contributed by atoms with Gasteiger partial charge in [0.1, 0.15) is 12.2 Å². The SMILES string of the molecule is CC(=O)OC1/C(C)=C\[C@@H]2OC(=O)[C@@](C)(O)[C@@]2(O)C(OC(C)=O)[C@H]2[C@](C)(O)[C@H](O)C=C[C@]2(C)[C@@H](OC(C)=O)[C@@H]1OC(C)=O. The van der Waals surface area contributed by atoms with E-state index in [0.29, 0.717) is 0 Å². The van der Waals surface area contributed by atoms with Gasteiger partial charge in [0.15, 0.2) is 35.6 Å². The molecule has 1 aliphatic heterocycles. The molecule has 14 nitrogen and oxygen atoms in total. The van der Waals surface area contributed by atoms with Crippen molar-refractivity contribution in [3.63, 3.8) is 0 Å². The van der Waals surface area contributed by atoms with Crippen LogP contribution in [0.1, 0.15) is 55.4 Å². The highest BCUT2D eigenvalue weighted by molar-refractivity contribution is 5.84. The molecule has 11 atom stereocenters. The van der Waals surface area contributed by atoms with E-state index in [1.807, 2.05) is 0 Å². The Labute approximate surface area is 242 Å². The van der Waals surface area contributed by atoms with Crippen LogP contribution in [0.3, 0.4) is 0 Å². The largest absolute Gasteiger partial charge is 0.459 e. The molecule has 3 rings (SSSR count). The minimum Gasteiger partial charge on any atom is -0.459 e. The van der Waals surface area contributed by atoms with Gasteiger partial charge in [-0.3, -0.25) is 19.2 Å². The van der Waals surface area contributed by atoms with Crippen molar-refractivity contribution in [3.05, 3.63) is 23.8 Å². The molecule has 0 bridgehead atoms. The van der Waals surface area contributed by atoms with Gasteiger partial charge in [0.25, 0.3) is 0 Å². The molecule has 0 aromatic rings. The molecular weight excluding hydrogens is 560 g/mol. The molecule has 0 radical (unpaired) electrons. The fourth-order valence-electron chi connectivity index (χ4n) is 6.40. The number of esters is 5. The first-order valence-electron chi connectivity index (χ1n) is 13.2. The van der Waals surface area contributed by atoms with Gasteiger partial charge in [0.05, 0.1) is 5.60 Å². The average molecular weight is 599 g/mol. The number of ether oxygens (including phenoxy) is 5. The van der Waals surface area contributed by atoms with Gasteiger partial charge in [-0.05, 0) is 32.4 Å². The molecule has 2 aliphatic carbocycles. The van der Waals surface area contributed by atoms with Gasteiger partial charge < -0.3 is 44.1 Å². The van der Waals surface area contributed by atoms with Crippen LogP contribution in [0.2, 0.25) is 0 Å². The summed E-state index contributed by atoms with van der Waals surface area (Å²) in [5.74, 6) is -6.69. The second-order valence-corrected chi connectivity index (χ2v) is 11.7. The van der Waals surface area contributed by atoms with Crippen LogP contribution in [-0.4, -0.2) is 104 Å². The van der Waals surface area contributed by atoms with Gasteiger partial charge in [0.2, 0.25) is 0 Å². The Morgan fingerprint density at radius 3 is 1.83 bits per heavy atom. The molecule has 0 saturated carbocycles. The molecule has 1 fully saturated rings. The van der Waals surface area contributed by atoms with Gasteiger partial charge in [-0.1, -0.05) is 19.1 Å². The fraction of sp³-hybridized carbons (Fsp3) is 0.679. The molecule has 1 heterocycles. The second kappa shape index (κ2) is 11.1. The van der Waals surface area contributed by atoms with E-state index in [-0.39, 0.29) is 5.57 Å². The maximum atomic E-state index is 13.0. The van der Waals surface area contributed by atoms with Crippen LogP contribution >= 0.6 is 0 Å². The predicted molar refractivity (Wildman–Crippen MR) is 139 cm³/mol. The van der Waals surface area contributed by atoms with E-state index in [9.17, 15) is 44.4 Å². The summed E-state index contributed by atoms with van der Waals surface area (Å²) in [4.78, 5) is 62.8. The molecule has 3 aliphatic rings. The van der Waals surface area contributed by atoms with Gasteiger partial charge in [-0.15, -0.1) is 0 Å². The minimum absolute atomic E-state index is 0.0257. The summed E-state index contributed by atoms with van der Waals surface area (Å²) >= 11 is 0. The first-order valence-corrected chi connectivity index (χ1v) is 13.2. The third-order valence-corrected chi connectivity index (χ3v) is 8.37. The zero-order chi connectivity index (χ0) is 32.2. The van der Waals surface area contributed by atoms with Crippen molar-refractivity contribution in [1.29, 1.82) is 0 Å². The van der Waals surface area contributed by atoms with Crippen molar-refractivity contribution in [2.24, 2.45) is 11.3 Å². The van der Waals surface area contributed by atoms with Crippen LogP contribution in [0.15, 0.2) is 23.8 Å². The summed E-state index contributed by atoms with van der Waals surface area (Å²) in [6, 6.07) is 0. The molecule has 0 aromatic heterocycles. The molecule has 0 spiro atoms. The van der Waals surface area contributed by atoms with Gasteiger partial charge >= 0.3 is 29.8 Å². The van der Waals surface area contributed by atoms with Crippen LogP contribution in [0.5, 0.6) is 0 Å². The molecule has 2 unspecified atom stereocenters. The van der Waals surface area contributed by atoms with Crippen molar-refractivity contribution >= 4 is 29.8 Å². The highest BCUT2D eigenvalue weighted by Crippen LogP contribution is 2.56. The maximum absolute atomic E-state index is 13.0. The summed E-state index contributed by atoms with van der Waals surface area (Å²) in [7, 11) is 0. The number of fused-ring (bicyclic) bond motifs is 2. The molecule has 1 saturated heterocycles. The van der Waals surface area contributed by atoms with Crippen molar-refractivity contribution in [2.45, 2.75) is 109 Å². The lowest BCUT2D eigenvalue weighted by Crippen LogP contribution is -2.74. The van der Waals surface area contributed by atoms with Crippen LogP contribution in [0.25, 0.3) is 0 Å². The Morgan fingerprint density at radius 1 is 0.833 bits per heavy atom. The Hall–Kier alpha value is -3.33. The van der Waals surface area contributed by atoms with E-state index in [0.717, 1.165) is 53.7 Å². The smallest absolute Gasteiger partial charge is 0.341 e. The number of carbonyl (C=O) groups is 5. The lowest BCUT2D eigenvalue weighted by molar-refractivity contribution is -0.264. The Bertz CT molecular complexity index is 1220. The van der Waals surface area contributed by atoms with Crippen LogP contribution in [0.4, 0.5) is 0 Å². The highest BCUT2D eigenvalue weighted by Gasteiger charge is 2.75. The summed E-state index contributed by atoms with van der Waals surface area (Å²) in [5.41, 5.74) is -9.81. The van der Waals surface area contributed by atoms with Gasteiger partial charge in [-0.25, -0.2) is 4.79 Å². The molecular formula is C28H38O14. The maximum Gasteiger partial charge on any atom is 0.341 e. The van der Waals surface area contributed by atoms with Crippen molar-refractivity contribution in [3.8, 4) is 0 Å². The molecule has 4 N–H and O–H groups in total. The molecule has 234 valence electrons. The first kappa shape index (κ1) is 33.2. The number of rotatable bonds is 4. The summed E-state index contributed by atoms with van der Waals surface area (Å²) in [6.07, 6.45) is -6.78. The van der Waals surface area contributed by atoms with E-state index in [4.69, 9.17) is 23.7 Å². The first-order chi connectivity index (χ1) is 19.1. The van der Waals surface area contributed by atoms with Crippen molar-refractivity contribution in [1.82, 2.24) is 0 Å². The van der Waals surface area contributed by atoms with E-state index in [1.165, 1.54) is 19.9 Å². The van der Waals surface area contributed by atoms with Crippen LogP contribution in [-0.2, 0) is 47.7 Å². The summed E-state index contributed by atoms with van der Waals surface area (Å²) in [6.45, 7) is 9.00. The Morgan fingerprint density at radius 2 is 1.33 bits per heavy atom. The van der Waals surface area contributed by atoms with E-state index in [1.54, 1.807) is 0 Å². The number of carbonyl (C=O) groups excluding carboxylic acids is 5. The Balaban J connectivity index is 2.58. The number of hydrogen-bond donors (Lipinski definition) is 4. The van der Waals surface area contributed by atoms with Crippen LogP contribution in [0, 0.1) is 11.3 Å². The van der Waals surface area contributed by atoms with Crippen molar-refractivity contribution in [2.75, 3.05) is 0 Å². The lowest BCUT2D eigenvalue weighted by Gasteiger charge is -2.57. The van der Waals surface area contributed by atoms with Crippen LogP contribution < -0.4 is 0 Å². The zero-order valence-corrected chi connectivity index (χ0v) is 24.6. The van der Waals surface area contributed by atoms with E-state index < -0.39 is 94.6 Å². The fourth-order valence-corrected chi connectivity index (χ4v) is 6.40. The van der Waals surface area contributed by atoms with Gasteiger partial charge in [0, 0.05) is 39.0 Å². The normalized spacial score (nSPS) is 44.3. The predicted octanol–water partition coefficient (Wildman–Crippen LogP) is -0.615. The van der Waals surface area contributed by atoms with Gasteiger partial charge in [-0.2, -0.15) is 0 Å². The third kappa shape index (κ3) is 5.32. The monoisotopic (exact) mass is 598 g/mol. The van der Waals surface area contributed by atoms with E-state index >= 15 is 0 Å². The lowest BCUT2D eigenvalue weighted by atomic mass is 9.53. The Kier molecular flexibility index (Phi) is 8.74. The number of aliphatic hydroxyl groups excluding tert-OH is 1. The molecule has 42 heavy (non-hydrogen) atoms. The number of aliphatic hydroxyl groups is 4. The number of hydrogen-bond acceptors (Lipinski definition) is 14. The summed E-state index contributed by atoms with van der Waals surface area (Å²) in [5, 5.41) is 46.6. The molecule has 0 aromatic carbocycles. The van der Waals surface area contributed by atoms with Crippen molar-refractivity contribution < 1.29 is 68.1 Å². The topological polar surface area (TPSA) is 212 Å². The molecule has 14 heteroatoms. The standard InChI is InChI=1S/C28H38O14/c1-12-11-18-28(37,27(8,36)24(34)42-18)23(41-16(5)32)21-25(6,10-9-17(33)26(21,7)35)22(40-15(4)31)20(39-14(3)30)19(12)38-13(2)29/h9-11,17-23,33,35-37H,1-8H3/b12-11-/t17-,18+,19?,20-,21-,22+,23?,25+,26-,27-,28+/m1/s1. The summed E-state index contributed by atoms with van der Waals surface area (Å²) < 4.78 is 27.8. The highest BCUT2D eigenvalue weighted by atomic mass is 16.6. The zero-order valence-electron chi connectivity index (χ0n) is 24.6. The quantitative estimate of drug-likeness (QED) is 0.181. The minimum atomic E-state index is -2.85. The molecule has 0 amide bonds. The third-order valence-electron chi connectivity index (χ3n) is 8.37. The second-order valence-electron chi connectivity index (χ2n) is 11.7.